The highest BCUT2D eigenvalue weighted by atomic mass is 19.1. The molecule has 118 valence electrons. The second-order valence-electron chi connectivity index (χ2n) is 5.97. The monoisotopic (exact) mass is 295 g/mol. The zero-order valence-corrected chi connectivity index (χ0v) is 13.3. The summed E-state index contributed by atoms with van der Waals surface area (Å²) in [4.78, 5) is 12.8. The number of hydrogen-bond acceptors (Lipinski definition) is 5. The van der Waals surface area contributed by atoms with Crippen LogP contribution < -0.4 is 10.2 Å². The molecule has 1 N–H and O–H groups in total. The summed E-state index contributed by atoms with van der Waals surface area (Å²) in [6, 6.07) is 0. The predicted octanol–water partition coefficient (Wildman–Crippen LogP) is 2.22. The summed E-state index contributed by atoms with van der Waals surface area (Å²) in [6.07, 6.45) is 2.25. The molecule has 1 aromatic heterocycles. The van der Waals surface area contributed by atoms with Crippen LogP contribution in [0.15, 0.2) is 6.20 Å². The van der Waals surface area contributed by atoms with E-state index in [1.54, 1.807) is 0 Å². The molecule has 0 saturated carbocycles. The van der Waals surface area contributed by atoms with E-state index < -0.39 is 0 Å². The van der Waals surface area contributed by atoms with Crippen LogP contribution in [0.1, 0.15) is 27.2 Å². The summed E-state index contributed by atoms with van der Waals surface area (Å²) in [7, 11) is 0. The minimum absolute atomic E-state index is 0.339. The zero-order valence-electron chi connectivity index (χ0n) is 13.3. The zero-order chi connectivity index (χ0) is 15.2. The van der Waals surface area contributed by atoms with E-state index >= 15 is 0 Å². The molecule has 0 aromatic carbocycles. The first-order valence-corrected chi connectivity index (χ1v) is 7.84. The van der Waals surface area contributed by atoms with Crippen LogP contribution in [0.3, 0.4) is 0 Å². The quantitative estimate of drug-likeness (QED) is 0.872. The number of anilines is 2. The number of piperazine rings is 1. The molecular weight excluding hydrogens is 269 g/mol. The van der Waals surface area contributed by atoms with Crippen LogP contribution in [0.25, 0.3) is 0 Å². The van der Waals surface area contributed by atoms with E-state index in [0.29, 0.717) is 17.7 Å². The van der Waals surface area contributed by atoms with Gasteiger partial charge >= 0.3 is 0 Å². The maximum atomic E-state index is 14.0. The van der Waals surface area contributed by atoms with Gasteiger partial charge in [-0.25, -0.2) is 9.37 Å². The van der Waals surface area contributed by atoms with Crippen molar-refractivity contribution in [2.24, 2.45) is 5.92 Å². The van der Waals surface area contributed by atoms with Gasteiger partial charge in [-0.2, -0.15) is 4.98 Å². The molecule has 1 aromatic rings. The molecule has 1 fully saturated rings. The lowest BCUT2D eigenvalue weighted by Gasteiger charge is -2.36. The average Bonchev–Trinajstić information content (AvgIpc) is 2.47. The first kappa shape index (κ1) is 15.9. The van der Waals surface area contributed by atoms with Crippen LogP contribution in [0.2, 0.25) is 0 Å². The third-order valence-corrected chi connectivity index (χ3v) is 3.55. The normalized spacial score (nSPS) is 16.5. The summed E-state index contributed by atoms with van der Waals surface area (Å²) < 4.78 is 14.0. The van der Waals surface area contributed by atoms with Gasteiger partial charge in [0.2, 0.25) is 5.95 Å². The lowest BCUT2D eigenvalue weighted by molar-refractivity contribution is 0.230. The van der Waals surface area contributed by atoms with Gasteiger partial charge in [0.25, 0.3) is 0 Å². The molecule has 0 aliphatic carbocycles. The van der Waals surface area contributed by atoms with E-state index in [1.165, 1.54) is 6.20 Å². The van der Waals surface area contributed by atoms with Gasteiger partial charge in [0.1, 0.15) is 0 Å². The Bertz CT molecular complexity index is 444. The molecule has 2 heterocycles. The molecule has 0 amide bonds. The summed E-state index contributed by atoms with van der Waals surface area (Å²) >= 11 is 0. The van der Waals surface area contributed by atoms with Crippen molar-refractivity contribution in [3.05, 3.63) is 12.0 Å². The van der Waals surface area contributed by atoms with E-state index in [0.717, 1.165) is 45.7 Å². The Morgan fingerprint density at radius 1 is 1.29 bits per heavy atom. The van der Waals surface area contributed by atoms with Gasteiger partial charge in [-0.05, 0) is 12.3 Å². The average molecular weight is 295 g/mol. The van der Waals surface area contributed by atoms with Crippen LogP contribution in [-0.4, -0.2) is 54.1 Å². The van der Waals surface area contributed by atoms with E-state index in [9.17, 15) is 4.39 Å². The van der Waals surface area contributed by atoms with Crippen molar-refractivity contribution >= 4 is 11.8 Å². The van der Waals surface area contributed by atoms with Crippen molar-refractivity contribution in [2.45, 2.75) is 27.2 Å². The van der Waals surface area contributed by atoms with E-state index in [1.807, 2.05) is 4.90 Å². The number of aromatic nitrogens is 2. The van der Waals surface area contributed by atoms with Crippen molar-refractivity contribution < 1.29 is 4.39 Å². The highest BCUT2D eigenvalue weighted by molar-refractivity contribution is 5.44. The SMILES string of the molecule is CCCNc1ncc(F)c(N2CCN(CC(C)C)CC2)n1. The standard InChI is InChI=1S/C15H26FN5/c1-4-5-17-15-18-10-13(16)14(19-15)21-8-6-20(7-9-21)11-12(2)3/h10,12H,4-9,11H2,1-3H3,(H,17,18,19). The third-order valence-electron chi connectivity index (χ3n) is 3.55. The Labute approximate surface area is 126 Å². The topological polar surface area (TPSA) is 44.3 Å². The first-order chi connectivity index (χ1) is 10.1. The minimum atomic E-state index is -0.339. The molecule has 0 spiro atoms. The van der Waals surface area contributed by atoms with Crippen LogP contribution in [-0.2, 0) is 0 Å². The molecule has 1 saturated heterocycles. The van der Waals surface area contributed by atoms with Gasteiger partial charge in [0, 0.05) is 39.3 Å². The van der Waals surface area contributed by atoms with Gasteiger partial charge in [0.05, 0.1) is 6.20 Å². The van der Waals surface area contributed by atoms with E-state index in [4.69, 9.17) is 0 Å². The van der Waals surface area contributed by atoms with Gasteiger partial charge in [-0.3, -0.25) is 4.90 Å². The fraction of sp³-hybridized carbons (Fsp3) is 0.733. The number of halogens is 1. The van der Waals surface area contributed by atoms with Crippen molar-refractivity contribution in [1.82, 2.24) is 14.9 Å². The largest absolute Gasteiger partial charge is 0.354 e. The molecular formula is C15H26FN5. The fourth-order valence-corrected chi connectivity index (χ4v) is 2.56. The van der Waals surface area contributed by atoms with Crippen molar-refractivity contribution in [3.63, 3.8) is 0 Å². The van der Waals surface area contributed by atoms with Gasteiger partial charge in [0.15, 0.2) is 11.6 Å². The molecule has 2 rings (SSSR count). The Morgan fingerprint density at radius 3 is 2.62 bits per heavy atom. The van der Waals surface area contributed by atoms with E-state index in [-0.39, 0.29) is 5.82 Å². The van der Waals surface area contributed by atoms with Gasteiger partial charge in [-0.15, -0.1) is 0 Å². The summed E-state index contributed by atoms with van der Waals surface area (Å²) in [5.74, 6) is 1.26. The third kappa shape index (κ3) is 4.52. The highest BCUT2D eigenvalue weighted by Gasteiger charge is 2.21. The Kier molecular flexibility index (Phi) is 5.73. The van der Waals surface area contributed by atoms with Crippen molar-refractivity contribution in [1.29, 1.82) is 0 Å². The number of hydrogen-bond donors (Lipinski definition) is 1. The Balaban J connectivity index is 1.98. The highest BCUT2D eigenvalue weighted by Crippen LogP contribution is 2.19. The maximum absolute atomic E-state index is 14.0. The summed E-state index contributed by atoms with van der Waals surface area (Å²) in [5, 5.41) is 3.11. The molecule has 0 unspecified atom stereocenters. The maximum Gasteiger partial charge on any atom is 0.224 e. The van der Waals surface area contributed by atoms with Gasteiger partial charge in [-0.1, -0.05) is 20.8 Å². The minimum Gasteiger partial charge on any atom is -0.354 e. The molecule has 0 radical (unpaired) electrons. The molecule has 6 heteroatoms. The summed E-state index contributed by atoms with van der Waals surface area (Å²) in [5.41, 5.74) is 0. The second kappa shape index (κ2) is 7.54. The van der Waals surface area contributed by atoms with Crippen LogP contribution in [0, 0.1) is 11.7 Å². The predicted molar refractivity (Wildman–Crippen MR) is 84.3 cm³/mol. The van der Waals surface area contributed by atoms with Crippen molar-refractivity contribution in [2.75, 3.05) is 49.5 Å². The number of rotatable bonds is 6. The second-order valence-corrected chi connectivity index (χ2v) is 5.97. The van der Waals surface area contributed by atoms with E-state index in [2.05, 4.69) is 41.0 Å². The Morgan fingerprint density at radius 2 is 2.00 bits per heavy atom. The lowest BCUT2D eigenvalue weighted by atomic mass is 10.2. The molecule has 0 bridgehead atoms. The smallest absolute Gasteiger partial charge is 0.224 e. The van der Waals surface area contributed by atoms with Crippen LogP contribution in [0.4, 0.5) is 16.2 Å². The van der Waals surface area contributed by atoms with Crippen LogP contribution >= 0.6 is 0 Å². The lowest BCUT2D eigenvalue weighted by Crippen LogP contribution is -2.48. The van der Waals surface area contributed by atoms with Gasteiger partial charge < -0.3 is 10.2 Å². The van der Waals surface area contributed by atoms with Crippen LogP contribution in [0.5, 0.6) is 0 Å². The fourth-order valence-electron chi connectivity index (χ4n) is 2.56. The number of nitrogens with one attached hydrogen (secondary N) is 1. The molecule has 0 atom stereocenters. The Hall–Kier alpha value is -1.43. The van der Waals surface area contributed by atoms with Crippen molar-refractivity contribution in [3.8, 4) is 0 Å². The molecule has 21 heavy (non-hydrogen) atoms. The summed E-state index contributed by atoms with van der Waals surface area (Å²) in [6.45, 7) is 12.0. The molecule has 5 nitrogen and oxygen atoms in total. The first-order valence-electron chi connectivity index (χ1n) is 7.84. The number of nitrogens with zero attached hydrogens (tertiary/aromatic N) is 4. The molecule has 1 aliphatic heterocycles. The molecule has 1 aliphatic rings.